The molecule has 1 aromatic rings. The molecular formula is C18H25BrN4O2S. The maximum absolute atomic E-state index is 12.6. The van der Waals surface area contributed by atoms with Crippen LogP contribution in [0, 0.1) is 5.92 Å². The van der Waals surface area contributed by atoms with E-state index in [2.05, 4.69) is 50.4 Å². The monoisotopic (exact) mass is 440 g/mol. The summed E-state index contributed by atoms with van der Waals surface area (Å²) in [6, 6.07) is 1.28. The van der Waals surface area contributed by atoms with E-state index in [1.165, 1.54) is 0 Å². The zero-order chi connectivity index (χ0) is 19.1. The molecule has 0 spiro atoms. The van der Waals surface area contributed by atoms with Gasteiger partial charge in [-0.1, -0.05) is 39.0 Å². The maximum Gasteiger partial charge on any atom is 0.248 e. The van der Waals surface area contributed by atoms with Crippen molar-refractivity contribution < 1.29 is 9.59 Å². The van der Waals surface area contributed by atoms with E-state index in [1.54, 1.807) is 24.2 Å². The minimum Gasteiger partial charge on any atom is -0.344 e. The van der Waals surface area contributed by atoms with Crippen LogP contribution in [0.3, 0.4) is 0 Å². The molecular weight excluding hydrogens is 416 g/mol. The number of nitrogens with one attached hydrogen (secondary N) is 2. The van der Waals surface area contributed by atoms with Gasteiger partial charge in [0.15, 0.2) is 5.17 Å². The molecule has 2 atom stereocenters. The lowest BCUT2D eigenvalue weighted by Gasteiger charge is -2.18. The molecule has 0 bridgehead atoms. The van der Waals surface area contributed by atoms with Crippen molar-refractivity contribution >= 4 is 44.7 Å². The molecule has 0 radical (unpaired) electrons. The first kappa shape index (κ1) is 20.9. The Morgan fingerprint density at radius 2 is 2.15 bits per heavy atom. The lowest BCUT2D eigenvalue weighted by molar-refractivity contribution is -0.128. The molecule has 1 aliphatic heterocycles. The Kier molecular flexibility index (Phi) is 8.09. The van der Waals surface area contributed by atoms with E-state index in [0.717, 1.165) is 23.0 Å². The molecule has 2 amide bonds. The molecule has 1 unspecified atom stereocenters. The predicted molar refractivity (Wildman–Crippen MR) is 109 cm³/mol. The Hall–Kier alpha value is -1.41. The molecule has 8 heteroatoms. The third kappa shape index (κ3) is 6.39. The van der Waals surface area contributed by atoms with Crippen molar-refractivity contribution in [3.63, 3.8) is 0 Å². The highest BCUT2D eigenvalue weighted by Gasteiger charge is 2.26. The largest absolute Gasteiger partial charge is 0.344 e. The number of amides is 2. The fourth-order valence-electron chi connectivity index (χ4n) is 2.54. The number of halogens is 1. The Balaban J connectivity index is 1.90. The van der Waals surface area contributed by atoms with Gasteiger partial charge in [0, 0.05) is 22.1 Å². The lowest BCUT2D eigenvalue weighted by Crippen LogP contribution is -2.48. The topological polar surface area (TPSA) is 83.5 Å². The molecule has 2 heterocycles. The Morgan fingerprint density at radius 3 is 2.77 bits per heavy atom. The third-order valence-corrected chi connectivity index (χ3v) is 5.89. The molecule has 1 aromatic heterocycles. The van der Waals surface area contributed by atoms with Crippen molar-refractivity contribution in [1.29, 1.82) is 0 Å². The average molecular weight is 441 g/mol. The highest BCUT2D eigenvalue weighted by molar-refractivity contribution is 9.10. The molecule has 142 valence electrons. The predicted octanol–water partition coefficient (Wildman–Crippen LogP) is 2.92. The molecule has 0 saturated heterocycles. The van der Waals surface area contributed by atoms with Gasteiger partial charge in [0.25, 0.3) is 0 Å². The van der Waals surface area contributed by atoms with E-state index in [1.807, 2.05) is 13.0 Å². The van der Waals surface area contributed by atoms with Gasteiger partial charge >= 0.3 is 0 Å². The third-order valence-electron chi connectivity index (χ3n) is 4.01. The molecule has 0 saturated carbocycles. The van der Waals surface area contributed by atoms with Crippen LogP contribution < -0.4 is 10.6 Å². The highest BCUT2D eigenvalue weighted by Crippen LogP contribution is 2.25. The van der Waals surface area contributed by atoms with Crippen molar-refractivity contribution in [2.24, 2.45) is 10.9 Å². The van der Waals surface area contributed by atoms with Crippen LogP contribution in [0.15, 0.2) is 27.9 Å². The lowest BCUT2D eigenvalue weighted by atomic mass is 10.1. The summed E-state index contributed by atoms with van der Waals surface area (Å²) >= 11 is 4.94. The molecule has 2 rings (SSSR count). The van der Waals surface area contributed by atoms with Gasteiger partial charge in [0.1, 0.15) is 6.04 Å². The van der Waals surface area contributed by atoms with Crippen LogP contribution in [0.1, 0.15) is 39.2 Å². The molecule has 1 aliphatic rings. The molecule has 0 aliphatic carbocycles. The summed E-state index contributed by atoms with van der Waals surface area (Å²) in [7, 11) is 0. The first-order chi connectivity index (χ1) is 12.4. The van der Waals surface area contributed by atoms with Crippen molar-refractivity contribution in [3.8, 4) is 0 Å². The van der Waals surface area contributed by atoms with E-state index in [9.17, 15) is 9.59 Å². The SMILES string of the molecule is CCC[C@H](NC(=O)Cc1cncc(Br)c1)C(=O)NC1=NCC(C(C)C)S1. The van der Waals surface area contributed by atoms with Gasteiger partial charge in [-0.15, -0.1) is 0 Å². The van der Waals surface area contributed by atoms with Gasteiger partial charge in [-0.05, 0) is 39.9 Å². The van der Waals surface area contributed by atoms with E-state index in [0.29, 0.717) is 22.8 Å². The second-order valence-electron chi connectivity index (χ2n) is 6.63. The van der Waals surface area contributed by atoms with E-state index < -0.39 is 6.04 Å². The summed E-state index contributed by atoms with van der Waals surface area (Å²) in [5, 5.41) is 6.75. The number of carbonyl (C=O) groups is 2. The average Bonchev–Trinajstić information content (AvgIpc) is 3.03. The van der Waals surface area contributed by atoms with Crippen molar-refractivity contribution in [2.45, 2.75) is 51.3 Å². The zero-order valence-corrected chi connectivity index (χ0v) is 17.7. The van der Waals surface area contributed by atoms with Crippen molar-refractivity contribution in [3.05, 3.63) is 28.5 Å². The van der Waals surface area contributed by atoms with Gasteiger partial charge in [-0.3, -0.25) is 19.6 Å². The second-order valence-corrected chi connectivity index (χ2v) is 8.78. The van der Waals surface area contributed by atoms with Gasteiger partial charge in [0.05, 0.1) is 13.0 Å². The number of nitrogens with zero attached hydrogens (tertiary/aromatic N) is 2. The number of hydrogen-bond donors (Lipinski definition) is 2. The molecule has 2 N–H and O–H groups in total. The van der Waals surface area contributed by atoms with Crippen LogP contribution in [0.25, 0.3) is 0 Å². The number of aliphatic imine (C=N–C) groups is 1. The zero-order valence-electron chi connectivity index (χ0n) is 15.3. The van der Waals surface area contributed by atoms with E-state index in [-0.39, 0.29) is 18.2 Å². The van der Waals surface area contributed by atoms with Crippen molar-refractivity contribution in [1.82, 2.24) is 15.6 Å². The Morgan fingerprint density at radius 1 is 1.38 bits per heavy atom. The fourth-order valence-corrected chi connectivity index (χ4v) is 3.97. The van der Waals surface area contributed by atoms with E-state index in [4.69, 9.17) is 0 Å². The maximum atomic E-state index is 12.6. The first-order valence-electron chi connectivity index (χ1n) is 8.79. The summed E-state index contributed by atoms with van der Waals surface area (Å²) < 4.78 is 0.821. The minimum absolute atomic E-state index is 0.186. The molecule has 26 heavy (non-hydrogen) atoms. The van der Waals surface area contributed by atoms with Crippen LogP contribution in [-0.2, 0) is 16.0 Å². The van der Waals surface area contributed by atoms with E-state index >= 15 is 0 Å². The van der Waals surface area contributed by atoms with Gasteiger partial charge in [0.2, 0.25) is 11.8 Å². The summed E-state index contributed by atoms with van der Waals surface area (Å²) in [4.78, 5) is 33.3. The standard InChI is InChI=1S/C18H25BrN4O2S/c1-4-5-14(17(25)23-18-21-10-15(26-18)11(2)3)22-16(24)7-12-6-13(19)9-20-8-12/h6,8-9,11,14-15H,4-5,7,10H2,1-3H3,(H,22,24)(H,21,23,25)/t14-,15?/m0/s1. The van der Waals surface area contributed by atoms with Gasteiger partial charge in [-0.2, -0.15) is 0 Å². The number of hydrogen-bond acceptors (Lipinski definition) is 5. The highest BCUT2D eigenvalue weighted by atomic mass is 79.9. The quantitative estimate of drug-likeness (QED) is 0.682. The number of amidine groups is 1. The molecule has 6 nitrogen and oxygen atoms in total. The number of pyridine rings is 1. The smallest absolute Gasteiger partial charge is 0.248 e. The summed E-state index contributed by atoms with van der Waals surface area (Å²) in [6.07, 6.45) is 4.88. The fraction of sp³-hybridized carbons (Fsp3) is 0.556. The molecule has 0 aromatic carbocycles. The number of thioether (sulfide) groups is 1. The first-order valence-corrected chi connectivity index (χ1v) is 10.5. The normalized spacial score (nSPS) is 17.7. The minimum atomic E-state index is -0.561. The Bertz CT molecular complexity index is 681. The summed E-state index contributed by atoms with van der Waals surface area (Å²) in [6.45, 7) is 7.00. The number of rotatable bonds is 7. The van der Waals surface area contributed by atoms with Crippen LogP contribution >= 0.6 is 27.7 Å². The van der Waals surface area contributed by atoms with Gasteiger partial charge in [-0.25, -0.2) is 0 Å². The van der Waals surface area contributed by atoms with Crippen molar-refractivity contribution in [2.75, 3.05) is 6.54 Å². The van der Waals surface area contributed by atoms with Crippen LogP contribution in [0.4, 0.5) is 0 Å². The van der Waals surface area contributed by atoms with Crippen LogP contribution in [-0.4, -0.2) is 39.8 Å². The summed E-state index contributed by atoms with van der Waals surface area (Å²) in [5.74, 6) is 0.103. The van der Waals surface area contributed by atoms with Crippen LogP contribution in [0.2, 0.25) is 0 Å². The van der Waals surface area contributed by atoms with Crippen LogP contribution in [0.5, 0.6) is 0 Å². The molecule has 0 fully saturated rings. The second kappa shape index (κ2) is 10.1. The summed E-state index contributed by atoms with van der Waals surface area (Å²) in [5.41, 5.74) is 0.794. The van der Waals surface area contributed by atoms with Gasteiger partial charge < -0.3 is 10.6 Å². The Labute approximate surface area is 167 Å². The number of carbonyl (C=O) groups excluding carboxylic acids is 2. The number of aromatic nitrogens is 1.